The maximum Gasteiger partial charge on any atom is 0.181 e. The molecule has 1 unspecified atom stereocenters. The number of aromatic nitrogens is 4. The van der Waals surface area contributed by atoms with Crippen LogP contribution < -0.4 is 5.32 Å². The highest BCUT2D eigenvalue weighted by atomic mass is 32.2. The summed E-state index contributed by atoms with van der Waals surface area (Å²) in [5.74, 6) is 0.830. The summed E-state index contributed by atoms with van der Waals surface area (Å²) in [5, 5.41) is 12.9. The molecule has 0 saturated heterocycles. The van der Waals surface area contributed by atoms with Crippen molar-refractivity contribution < 1.29 is 0 Å². The smallest absolute Gasteiger partial charge is 0.181 e. The first-order valence-electron chi connectivity index (χ1n) is 5.75. The van der Waals surface area contributed by atoms with Crippen LogP contribution in [-0.2, 0) is 0 Å². The van der Waals surface area contributed by atoms with E-state index >= 15 is 0 Å². The lowest BCUT2D eigenvalue weighted by Gasteiger charge is -2.08. The normalized spacial score (nSPS) is 12.4. The van der Waals surface area contributed by atoms with Gasteiger partial charge >= 0.3 is 0 Å². The minimum absolute atomic E-state index is 0.0957. The van der Waals surface area contributed by atoms with Gasteiger partial charge < -0.3 is 10.3 Å². The molecule has 0 aliphatic heterocycles. The summed E-state index contributed by atoms with van der Waals surface area (Å²) in [6, 6.07) is 2.15. The van der Waals surface area contributed by atoms with Crippen molar-refractivity contribution in [1.29, 1.82) is 5.26 Å². The quantitative estimate of drug-likeness (QED) is 0.603. The zero-order chi connectivity index (χ0) is 12.8. The van der Waals surface area contributed by atoms with E-state index in [1.807, 2.05) is 6.92 Å². The van der Waals surface area contributed by atoms with Crippen molar-refractivity contribution in [3.8, 4) is 6.07 Å². The second-order valence-electron chi connectivity index (χ2n) is 3.66. The first kappa shape index (κ1) is 12.8. The first-order valence-corrected chi connectivity index (χ1v) is 6.73. The Labute approximate surface area is 109 Å². The largest absolute Gasteiger partial charge is 0.341 e. The van der Waals surface area contributed by atoms with Gasteiger partial charge in [0.1, 0.15) is 16.9 Å². The number of nitriles is 1. The molecule has 7 heteroatoms. The van der Waals surface area contributed by atoms with Crippen molar-refractivity contribution in [1.82, 2.24) is 25.3 Å². The predicted octanol–water partition coefficient (Wildman–Crippen LogP) is 1.34. The molecule has 0 saturated carbocycles. The Morgan fingerprint density at radius 2 is 2.39 bits per heavy atom. The van der Waals surface area contributed by atoms with E-state index in [0.717, 1.165) is 29.3 Å². The van der Waals surface area contributed by atoms with Gasteiger partial charge in [-0.05, 0) is 13.0 Å². The minimum atomic E-state index is -0.0957. The summed E-state index contributed by atoms with van der Waals surface area (Å²) in [7, 11) is 0. The van der Waals surface area contributed by atoms with E-state index < -0.39 is 0 Å². The van der Waals surface area contributed by atoms with Gasteiger partial charge in [-0.2, -0.15) is 5.26 Å². The van der Waals surface area contributed by atoms with E-state index in [1.54, 1.807) is 18.1 Å². The average molecular weight is 262 g/mol. The van der Waals surface area contributed by atoms with Crippen molar-refractivity contribution in [3.63, 3.8) is 0 Å². The summed E-state index contributed by atoms with van der Waals surface area (Å²) in [6.45, 7) is 2.80. The molecule has 0 aliphatic rings. The van der Waals surface area contributed by atoms with Crippen LogP contribution in [0.4, 0.5) is 0 Å². The Morgan fingerprint density at radius 3 is 3.17 bits per heavy atom. The van der Waals surface area contributed by atoms with Crippen molar-refractivity contribution >= 4 is 22.9 Å². The number of thioether (sulfide) groups is 1. The van der Waals surface area contributed by atoms with Crippen LogP contribution in [0.1, 0.15) is 13.3 Å². The summed E-state index contributed by atoms with van der Waals surface area (Å²) < 4.78 is 0. The Morgan fingerprint density at radius 1 is 1.50 bits per heavy atom. The lowest BCUT2D eigenvalue weighted by Crippen LogP contribution is -2.27. The third kappa shape index (κ3) is 2.97. The van der Waals surface area contributed by atoms with Gasteiger partial charge in [0.05, 0.1) is 18.4 Å². The molecule has 94 valence electrons. The van der Waals surface area contributed by atoms with Crippen molar-refractivity contribution in [2.24, 2.45) is 0 Å². The molecule has 0 bridgehead atoms. The van der Waals surface area contributed by atoms with E-state index in [1.165, 1.54) is 6.33 Å². The summed E-state index contributed by atoms with van der Waals surface area (Å²) >= 11 is 1.61. The number of hydrogen-bond donors (Lipinski definition) is 2. The van der Waals surface area contributed by atoms with Crippen LogP contribution in [0.25, 0.3) is 11.2 Å². The SMILES string of the molecule is CCNC(C#N)CCSc1ncnc2nc[nH]c12. The number of aromatic amines is 1. The molecule has 2 aromatic rings. The van der Waals surface area contributed by atoms with Crippen LogP contribution in [0.2, 0.25) is 0 Å². The van der Waals surface area contributed by atoms with Gasteiger partial charge in [-0.1, -0.05) is 6.92 Å². The number of imidazole rings is 1. The first-order chi connectivity index (χ1) is 8.85. The van der Waals surface area contributed by atoms with Crippen molar-refractivity contribution in [3.05, 3.63) is 12.7 Å². The van der Waals surface area contributed by atoms with Crippen LogP contribution in [0.15, 0.2) is 17.7 Å². The van der Waals surface area contributed by atoms with E-state index in [9.17, 15) is 0 Å². The molecule has 0 aromatic carbocycles. The van der Waals surface area contributed by atoms with Gasteiger partial charge in [0.15, 0.2) is 5.65 Å². The highest BCUT2D eigenvalue weighted by Gasteiger charge is 2.09. The third-order valence-corrected chi connectivity index (χ3v) is 3.46. The fraction of sp³-hybridized carbons (Fsp3) is 0.455. The molecule has 0 spiro atoms. The highest BCUT2D eigenvalue weighted by molar-refractivity contribution is 7.99. The average Bonchev–Trinajstić information content (AvgIpc) is 2.86. The highest BCUT2D eigenvalue weighted by Crippen LogP contribution is 2.22. The summed E-state index contributed by atoms with van der Waals surface area (Å²) in [5.41, 5.74) is 1.54. The number of rotatable bonds is 6. The molecule has 0 aliphatic carbocycles. The predicted molar refractivity (Wildman–Crippen MR) is 70.1 cm³/mol. The zero-order valence-electron chi connectivity index (χ0n) is 10.1. The molecule has 0 fully saturated rings. The number of fused-ring (bicyclic) bond motifs is 1. The molecular weight excluding hydrogens is 248 g/mol. The van der Waals surface area contributed by atoms with Crippen molar-refractivity contribution in [2.75, 3.05) is 12.3 Å². The molecule has 0 amide bonds. The Bertz CT molecular complexity index is 546. The van der Waals surface area contributed by atoms with Crippen LogP contribution in [0.3, 0.4) is 0 Å². The van der Waals surface area contributed by atoms with Crippen LogP contribution in [0, 0.1) is 11.3 Å². The van der Waals surface area contributed by atoms with Gasteiger partial charge in [0.2, 0.25) is 0 Å². The topological polar surface area (TPSA) is 90.3 Å². The molecule has 2 rings (SSSR count). The second-order valence-corrected chi connectivity index (χ2v) is 4.74. The lowest BCUT2D eigenvalue weighted by molar-refractivity contribution is 0.613. The molecule has 2 heterocycles. The van der Waals surface area contributed by atoms with E-state index in [0.29, 0.717) is 5.65 Å². The molecule has 6 nitrogen and oxygen atoms in total. The third-order valence-electron chi connectivity index (χ3n) is 2.44. The Balaban J connectivity index is 1.94. The van der Waals surface area contributed by atoms with Crippen molar-refractivity contribution in [2.45, 2.75) is 24.4 Å². The zero-order valence-corrected chi connectivity index (χ0v) is 10.9. The standard InChI is InChI=1S/C11H14N6S/c1-2-13-8(5-12)3-4-18-11-9-10(15-6-14-9)16-7-17-11/h6-8,13H,2-4H2,1H3,(H,14,15,16,17). The number of nitrogens with one attached hydrogen (secondary N) is 2. The molecule has 2 N–H and O–H groups in total. The maximum absolute atomic E-state index is 8.93. The molecular formula is C11H14N6S. The van der Waals surface area contributed by atoms with Gasteiger partial charge in [0, 0.05) is 5.75 Å². The van der Waals surface area contributed by atoms with E-state index in [2.05, 4.69) is 31.3 Å². The van der Waals surface area contributed by atoms with Gasteiger partial charge in [0.25, 0.3) is 0 Å². The summed E-state index contributed by atoms with van der Waals surface area (Å²) in [4.78, 5) is 15.4. The molecule has 1 atom stereocenters. The summed E-state index contributed by atoms with van der Waals surface area (Å²) in [6.07, 6.45) is 3.91. The maximum atomic E-state index is 8.93. The molecule has 2 aromatic heterocycles. The van der Waals surface area contributed by atoms with Crippen LogP contribution >= 0.6 is 11.8 Å². The fourth-order valence-corrected chi connectivity index (χ4v) is 2.55. The Hall–Kier alpha value is -1.65. The molecule has 0 radical (unpaired) electrons. The van der Waals surface area contributed by atoms with Crippen LogP contribution in [-0.4, -0.2) is 38.3 Å². The van der Waals surface area contributed by atoms with E-state index in [4.69, 9.17) is 5.26 Å². The fourth-order valence-electron chi connectivity index (χ4n) is 1.58. The van der Waals surface area contributed by atoms with Gasteiger partial charge in [-0.15, -0.1) is 11.8 Å². The van der Waals surface area contributed by atoms with Gasteiger partial charge in [-0.3, -0.25) is 0 Å². The van der Waals surface area contributed by atoms with Gasteiger partial charge in [-0.25, -0.2) is 15.0 Å². The number of H-pyrrole nitrogens is 1. The van der Waals surface area contributed by atoms with E-state index in [-0.39, 0.29) is 6.04 Å². The number of hydrogen-bond acceptors (Lipinski definition) is 6. The lowest BCUT2D eigenvalue weighted by atomic mass is 10.2. The van der Waals surface area contributed by atoms with Crippen LogP contribution in [0.5, 0.6) is 0 Å². The monoisotopic (exact) mass is 262 g/mol. The molecule has 18 heavy (non-hydrogen) atoms. The second kappa shape index (κ2) is 6.33. The Kier molecular flexibility index (Phi) is 4.50. The number of nitrogens with zero attached hydrogens (tertiary/aromatic N) is 4. The minimum Gasteiger partial charge on any atom is -0.341 e.